The molecule has 0 fully saturated rings. The Kier molecular flexibility index (Phi) is 3.19. The number of hydrogen-bond acceptors (Lipinski definition) is 3. The van der Waals surface area contributed by atoms with E-state index in [-0.39, 0.29) is 5.56 Å². The summed E-state index contributed by atoms with van der Waals surface area (Å²) in [6.07, 6.45) is 0. The average molecular weight is 219 g/mol. The zero-order valence-electron chi connectivity index (χ0n) is 9.44. The normalized spacial score (nSPS) is 10.6. The fraction of sp³-hybridized carbons (Fsp3) is 0.333. The Morgan fingerprint density at radius 1 is 1.50 bits per heavy atom. The number of carboxylic acids is 1. The molecule has 0 unspecified atom stereocenters. The molecule has 0 atom stereocenters. The number of nitrogens with zero attached hydrogens (tertiary/aromatic N) is 1. The molecule has 0 bridgehead atoms. The van der Waals surface area contributed by atoms with E-state index in [4.69, 9.17) is 15.1 Å². The largest absolute Gasteiger partial charge is 0.496 e. The van der Waals surface area contributed by atoms with Crippen LogP contribution in [0.5, 0.6) is 5.75 Å². The number of carboxylic acid groups (broad SMARTS) is 1. The molecular weight excluding hydrogens is 206 g/mol. The van der Waals surface area contributed by atoms with E-state index < -0.39 is 11.4 Å². The maximum absolute atomic E-state index is 10.8. The first-order chi connectivity index (χ1) is 7.42. The van der Waals surface area contributed by atoms with Gasteiger partial charge in [0.1, 0.15) is 5.75 Å². The molecule has 0 aromatic heterocycles. The van der Waals surface area contributed by atoms with Crippen LogP contribution in [0.4, 0.5) is 0 Å². The van der Waals surface area contributed by atoms with Gasteiger partial charge < -0.3 is 9.84 Å². The van der Waals surface area contributed by atoms with Crippen LogP contribution >= 0.6 is 0 Å². The Morgan fingerprint density at radius 3 is 2.56 bits per heavy atom. The van der Waals surface area contributed by atoms with Gasteiger partial charge in [-0.2, -0.15) is 5.26 Å². The summed E-state index contributed by atoms with van der Waals surface area (Å²) in [5.41, 5.74) is -0.0481. The fourth-order valence-electron chi connectivity index (χ4n) is 1.39. The van der Waals surface area contributed by atoms with E-state index in [0.29, 0.717) is 11.3 Å². The molecule has 1 aromatic carbocycles. The van der Waals surface area contributed by atoms with Gasteiger partial charge in [0.05, 0.1) is 24.2 Å². The van der Waals surface area contributed by atoms with Crippen LogP contribution in [0.15, 0.2) is 18.2 Å². The van der Waals surface area contributed by atoms with E-state index >= 15 is 0 Å². The van der Waals surface area contributed by atoms with Crippen molar-refractivity contribution in [3.8, 4) is 11.8 Å². The van der Waals surface area contributed by atoms with Crippen molar-refractivity contribution in [3.63, 3.8) is 0 Å². The Morgan fingerprint density at radius 2 is 2.12 bits per heavy atom. The summed E-state index contributed by atoms with van der Waals surface area (Å²) in [5.74, 6) is -0.491. The van der Waals surface area contributed by atoms with Gasteiger partial charge in [0.15, 0.2) is 0 Å². The van der Waals surface area contributed by atoms with Gasteiger partial charge in [-0.05, 0) is 32.0 Å². The van der Waals surface area contributed by atoms with Crippen LogP contribution in [-0.4, -0.2) is 18.2 Å². The zero-order chi connectivity index (χ0) is 12.3. The second-order valence-corrected chi connectivity index (χ2v) is 3.96. The number of hydrogen-bond donors (Lipinski definition) is 1. The first kappa shape index (κ1) is 12.1. The summed E-state index contributed by atoms with van der Waals surface area (Å²) >= 11 is 0. The maximum atomic E-state index is 10.8. The Labute approximate surface area is 94.1 Å². The maximum Gasteiger partial charge on any atom is 0.335 e. The van der Waals surface area contributed by atoms with Crippen LogP contribution in [0.2, 0.25) is 0 Å². The third-order valence-electron chi connectivity index (χ3n) is 2.40. The molecule has 0 heterocycles. The monoisotopic (exact) mass is 219 g/mol. The van der Waals surface area contributed by atoms with Crippen molar-refractivity contribution in [2.75, 3.05) is 7.11 Å². The molecular formula is C12H13NO3. The number of aromatic carboxylic acids is 1. The lowest BCUT2D eigenvalue weighted by molar-refractivity contribution is 0.0696. The number of ether oxygens (including phenoxy) is 1. The summed E-state index contributed by atoms with van der Waals surface area (Å²) in [6, 6.07) is 6.63. The lowest BCUT2D eigenvalue weighted by atomic mass is 9.85. The quantitative estimate of drug-likeness (QED) is 0.845. The summed E-state index contributed by atoms with van der Waals surface area (Å²) in [5, 5.41) is 17.9. The number of benzene rings is 1. The fourth-order valence-corrected chi connectivity index (χ4v) is 1.39. The van der Waals surface area contributed by atoms with Crippen LogP contribution in [-0.2, 0) is 5.41 Å². The number of carbonyl (C=O) groups is 1. The molecule has 16 heavy (non-hydrogen) atoms. The Hall–Kier alpha value is -2.02. The highest BCUT2D eigenvalue weighted by molar-refractivity contribution is 5.88. The van der Waals surface area contributed by atoms with Crippen molar-refractivity contribution < 1.29 is 14.6 Å². The SMILES string of the molecule is COc1ccc(C(=O)O)cc1C(C)(C)C#N. The second kappa shape index (κ2) is 4.23. The van der Waals surface area contributed by atoms with Gasteiger partial charge in [0.25, 0.3) is 0 Å². The zero-order valence-corrected chi connectivity index (χ0v) is 9.44. The highest BCUT2D eigenvalue weighted by Gasteiger charge is 2.25. The molecule has 84 valence electrons. The molecule has 0 amide bonds. The predicted octanol–water partition coefficient (Wildman–Crippen LogP) is 2.19. The van der Waals surface area contributed by atoms with Gasteiger partial charge >= 0.3 is 5.97 Å². The molecule has 0 saturated carbocycles. The number of rotatable bonds is 3. The molecule has 0 aliphatic carbocycles. The Bertz CT molecular complexity index is 458. The Balaban J connectivity index is 3.40. The summed E-state index contributed by atoms with van der Waals surface area (Å²) in [6.45, 7) is 3.44. The lowest BCUT2D eigenvalue weighted by Gasteiger charge is -2.19. The summed E-state index contributed by atoms with van der Waals surface area (Å²) in [7, 11) is 1.49. The van der Waals surface area contributed by atoms with Gasteiger partial charge in [-0.25, -0.2) is 4.79 Å². The lowest BCUT2D eigenvalue weighted by Crippen LogP contribution is -2.16. The van der Waals surface area contributed by atoms with Gasteiger partial charge in [-0.15, -0.1) is 0 Å². The third-order valence-corrected chi connectivity index (χ3v) is 2.40. The molecule has 0 radical (unpaired) electrons. The van der Waals surface area contributed by atoms with E-state index in [9.17, 15) is 4.79 Å². The smallest absolute Gasteiger partial charge is 0.335 e. The second-order valence-electron chi connectivity index (χ2n) is 3.96. The highest BCUT2D eigenvalue weighted by Crippen LogP contribution is 2.31. The molecule has 1 aromatic rings. The van der Waals surface area contributed by atoms with Gasteiger partial charge in [-0.1, -0.05) is 0 Å². The number of nitriles is 1. The van der Waals surface area contributed by atoms with Crippen LogP contribution in [0.3, 0.4) is 0 Å². The van der Waals surface area contributed by atoms with Crippen molar-refractivity contribution >= 4 is 5.97 Å². The molecule has 0 aliphatic heterocycles. The molecule has 1 rings (SSSR count). The standard InChI is InChI=1S/C12H13NO3/c1-12(2,7-13)9-6-8(11(14)15)4-5-10(9)16-3/h4-6H,1-3H3,(H,14,15). The molecule has 4 heteroatoms. The van der Waals surface area contributed by atoms with Crippen LogP contribution in [0.1, 0.15) is 29.8 Å². The topological polar surface area (TPSA) is 70.3 Å². The van der Waals surface area contributed by atoms with E-state index in [1.54, 1.807) is 19.9 Å². The minimum absolute atomic E-state index is 0.152. The van der Waals surface area contributed by atoms with Crippen molar-refractivity contribution in [1.29, 1.82) is 5.26 Å². The third kappa shape index (κ3) is 2.14. The average Bonchev–Trinajstić information content (AvgIpc) is 2.28. The van der Waals surface area contributed by atoms with Crippen LogP contribution in [0.25, 0.3) is 0 Å². The minimum Gasteiger partial charge on any atom is -0.496 e. The summed E-state index contributed by atoms with van der Waals surface area (Å²) < 4.78 is 5.12. The van der Waals surface area contributed by atoms with Crippen molar-refractivity contribution in [3.05, 3.63) is 29.3 Å². The van der Waals surface area contributed by atoms with Gasteiger partial charge in [0, 0.05) is 5.56 Å². The molecule has 0 aliphatic rings. The first-order valence-electron chi connectivity index (χ1n) is 4.75. The van der Waals surface area contributed by atoms with Gasteiger partial charge in [0.2, 0.25) is 0 Å². The van der Waals surface area contributed by atoms with Gasteiger partial charge in [-0.3, -0.25) is 0 Å². The van der Waals surface area contributed by atoms with E-state index in [0.717, 1.165) is 0 Å². The van der Waals surface area contributed by atoms with Crippen molar-refractivity contribution in [1.82, 2.24) is 0 Å². The van der Waals surface area contributed by atoms with Crippen molar-refractivity contribution in [2.24, 2.45) is 0 Å². The molecule has 1 N–H and O–H groups in total. The van der Waals surface area contributed by atoms with Crippen LogP contribution < -0.4 is 4.74 Å². The van der Waals surface area contributed by atoms with E-state index in [1.165, 1.54) is 19.2 Å². The first-order valence-corrected chi connectivity index (χ1v) is 4.75. The molecule has 0 saturated heterocycles. The van der Waals surface area contributed by atoms with E-state index in [2.05, 4.69) is 6.07 Å². The highest BCUT2D eigenvalue weighted by atomic mass is 16.5. The minimum atomic E-state index is -1.02. The van der Waals surface area contributed by atoms with Crippen LogP contribution in [0, 0.1) is 11.3 Å². The van der Waals surface area contributed by atoms with E-state index in [1.807, 2.05) is 0 Å². The van der Waals surface area contributed by atoms with Crippen molar-refractivity contribution in [2.45, 2.75) is 19.3 Å². The number of methoxy groups -OCH3 is 1. The summed E-state index contributed by atoms with van der Waals surface area (Å²) in [4.78, 5) is 10.8. The molecule has 0 spiro atoms. The predicted molar refractivity (Wildman–Crippen MR) is 58.6 cm³/mol. The molecule has 4 nitrogen and oxygen atoms in total.